The minimum absolute atomic E-state index is 0.347. The highest BCUT2D eigenvalue weighted by molar-refractivity contribution is 14.1. The summed E-state index contributed by atoms with van der Waals surface area (Å²) < 4.78 is 12.5. The molecule has 0 heterocycles. The quantitative estimate of drug-likeness (QED) is 0.0376. The topological polar surface area (TPSA) is 52.6 Å². The number of hydrogen-bond acceptors (Lipinski definition) is 4. The molecule has 0 aliphatic heterocycles. The van der Waals surface area contributed by atoms with Crippen LogP contribution in [0.4, 0.5) is 0 Å². The zero-order valence-corrected chi connectivity index (χ0v) is 24.2. The third kappa shape index (κ3) is 16.1. The Labute approximate surface area is 218 Å². The monoisotopic (exact) mass is 580 g/mol. The Morgan fingerprint density at radius 2 is 0.970 bits per heavy atom. The van der Waals surface area contributed by atoms with E-state index in [0.717, 1.165) is 55.8 Å². The van der Waals surface area contributed by atoms with E-state index in [-0.39, 0.29) is 11.9 Å². The molecule has 0 N–H and O–H groups in total. The maximum atomic E-state index is 13.2. The number of carbonyl (C=O) groups excluding carboxylic acids is 2. The molecule has 196 valence electrons. The van der Waals surface area contributed by atoms with Crippen LogP contribution in [0.3, 0.4) is 0 Å². The number of halogens is 1. The Hall–Kier alpha value is -0.330. The van der Waals surface area contributed by atoms with Gasteiger partial charge in [-0.05, 0) is 36.5 Å². The Kier molecular flexibility index (Phi) is 23.2. The van der Waals surface area contributed by atoms with Gasteiger partial charge in [0.05, 0.1) is 13.2 Å². The predicted octanol–water partition coefficient (Wildman–Crippen LogP) is 8.97. The van der Waals surface area contributed by atoms with Crippen LogP contribution in [0.1, 0.15) is 143 Å². The van der Waals surface area contributed by atoms with Crippen molar-refractivity contribution in [3.8, 4) is 0 Å². The molecule has 0 saturated heterocycles. The molecule has 33 heavy (non-hydrogen) atoms. The Morgan fingerprint density at radius 1 is 0.545 bits per heavy atom. The van der Waals surface area contributed by atoms with Crippen LogP contribution in [0.15, 0.2) is 0 Å². The lowest BCUT2D eigenvalue weighted by atomic mass is 9.78. The van der Waals surface area contributed by atoms with Gasteiger partial charge in [-0.2, -0.15) is 0 Å². The summed E-state index contributed by atoms with van der Waals surface area (Å²) in [6, 6.07) is 0. The molecule has 0 bridgehead atoms. The third-order valence-electron chi connectivity index (χ3n) is 6.41. The number of alkyl halides is 1. The highest BCUT2D eigenvalue weighted by atomic mass is 127. The van der Waals surface area contributed by atoms with Gasteiger partial charge in [-0.25, -0.2) is 0 Å². The first-order valence-electron chi connectivity index (χ1n) is 14.0. The second-order valence-electron chi connectivity index (χ2n) is 9.49. The molecular formula is C28H53IO4. The summed E-state index contributed by atoms with van der Waals surface area (Å²) in [6.45, 7) is 7.28. The van der Waals surface area contributed by atoms with E-state index < -0.39 is 5.41 Å². The molecule has 0 radical (unpaired) electrons. The number of unbranched alkanes of at least 4 members (excludes halogenated alkanes) is 13. The van der Waals surface area contributed by atoms with E-state index in [1.807, 2.05) is 6.92 Å². The van der Waals surface area contributed by atoms with Gasteiger partial charge in [0.2, 0.25) is 0 Å². The Bertz CT molecular complexity index is 437. The van der Waals surface area contributed by atoms with Gasteiger partial charge in [-0.3, -0.25) is 9.59 Å². The second-order valence-corrected chi connectivity index (χ2v) is 10.6. The van der Waals surface area contributed by atoms with Crippen molar-refractivity contribution < 1.29 is 19.1 Å². The molecule has 4 nitrogen and oxygen atoms in total. The van der Waals surface area contributed by atoms with Crippen molar-refractivity contribution in [1.29, 1.82) is 0 Å². The summed E-state index contributed by atoms with van der Waals surface area (Å²) in [4.78, 5) is 26.5. The zero-order valence-electron chi connectivity index (χ0n) is 22.1. The lowest BCUT2D eigenvalue weighted by molar-refractivity contribution is -0.174. The van der Waals surface area contributed by atoms with E-state index in [4.69, 9.17) is 9.47 Å². The minimum atomic E-state index is -1.12. The summed E-state index contributed by atoms with van der Waals surface area (Å²) in [7, 11) is 0. The fraction of sp³-hybridized carbons (Fsp3) is 0.929. The van der Waals surface area contributed by atoms with Crippen LogP contribution in [0, 0.1) is 5.41 Å². The molecule has 0 aromatic heterocycles. The molecule has 0 aromatic carbocycles. The smallest absolute Gasteiger partial charge is 0.323 e. The SMILES string of the molecule is CCCCCCCCOC(=O)C(CCC)(CCCCCCI)C(=O)OCCCCCCCC. The van der Waals surface area contributed by atoms with Crippen molar-refractivity contribution in [2.45, 2.75) is 143 Å². The van der Waals surface area contributed by atoms with E-state index in [1.54, 1.807) is 0 Å². The minimum Gasteiger partial charge on any atom is -0.465 e. The Balaban J connectivity index is 4.83. The van der Waals surface area contributed by atoms with Crippen LogP contribution in [0.25, 0.3) is 0 Å². The summed E-state index contributed by atoms with van der Waals surface area (Å²) >= 11 is 2.40. The summed E-state index contributed by atoms with van der Waals surface area (Å²) in [5.41, 5.74) is -1.12. The van der Waals surface area contributed by atoms with Crippen molar-refractivity contribution in [2.75, 3.05) is 17.6 Å². The number of carbonyl (C=O) groups is 2. The van der Waals surface area contributed by atoms with Crippen LogP contribution in [0.5, 0.6) is 0 Å². The normalized spacial score (nSPS) is 11.5. The van der Waals surface area contributed by atoms with E-state index >= 15 is 0 Å². The van der Waals surface area contributed by atoms with Gasteiger partial charge >= 0.3 is 11.9 Å². The highest BCUT2D eigenvalue weighted by Gasteiger charge is 2.47. The molecule has 5 heteroatoms. The van der Waals surface area contributed by atoms with Gasteiger partial charge in [0, 0.05) is 0 Å². The molecular weight excluding hydrogens is 527 g/mol. The molecule has 0 spiro atoms. The number of rotatable bonds is 24. The molecule has 0 fully saturated rings. The number of hydrogen-bond donors (Lipinski definition) is 0. The van der Waals surface area contributed by atoms with Gasteiger partial charge in [0.15, 0.2) is 5.41 Å². The maximum absolute atomic E-state index is 13.2. The van der Waals surface area contributed by atoms with Gasteiger partial charge in [0.25, 0.3) is 0 Å². The van der Waals surface area contributed by atoms with Gasteiger partial charge in [0.1, 0.15) is 0 Å². The van der Waals surface area contributed by atoms with Gasteiger partial charge in [-0.1, -0.05) is 133 Å². The van der Waals surface area contributed by atoms with Crippen LogP contribution < -0.4 is 0 Å². The van der Waals surface area contributed by atoms with Crippen LogP contribution in [-0.2, 0) is 19.1 Å². The molecule has 0 amide bonds. The van der Waals surface area contributed by atoms with E-state index in [9.17, 15) is 9.59 Å². The summed E-state index contributed by atoms with van der Waals surface area (Å²) in [5.74, 6) is -0.695. The van der Waals surface area contributed by atoms with Crippen molar-refractivity contribution in [2.24, 2.45) is 5.41 Å². The van der Waals surface area contributed by atoms with Crippen molar-refractivity contribution in [3.05, 3.63) is 0 Å². The highest BCUT2D eigenvalue weighted by Crippen LogP contribution is 2.35. The first-order valence-corrected chi connectivity index (χ1v) is 15.5. The maximum Gasteiger partial charge on any atom is 0.323 e. The van der Waals surface area contributed by atoms with E-state index in [2.05, 4.69) is 36.4 Å². The van der Waals surface area contributed by atoms with Gasteiger partial charge < -0.3 is 9.47 Å². The molecule has 0 aliphatic carbocycles. The molecule has 0 aliphatic rings. The average Bonchev–Trinajstić information content (AvgIpc) is 2.81. The van der Waals surface area contributed by atoms with Crippen LogP contribution in [-0.4, -0.2) is 29.6 Å². The summed E-state index contributed by atoms with van der Waals surface area (Å²) in [6.07, 6.45) is 19.8. The first-order chi connectivity index (χ1) is 16.1. The van der Waals surface area contributed by atoms with Crippen molar-refractivity contribution >= 4 is 34.5 Å². The van der Waals surface area contributed by atoms with Crippen LogP contribution in [0.2, 0.25) is 0 Å². The molecule has 0 saturated carbocycles. The largest absolute Gasteiger partial charge is 0.465 e. The predicted molar refractivity (Wildman–Crippen MR) is 148 cm³/mol. The molecule has 0 rings (SSSR count). The zero-order chi connectivity index (χ0) is 24.6. The average molecular weight is 581 g/mol. The second kappa shape index (κ2) is 23.4. The van der Waals surface area contributed by atoms with E-state index in [1.165, 1.54) is 57.8 Å². The number of ether oxygens (including phenoxy) is 2. The van der Waals surface area contributed by atoms with Crippen LogP contribution >= 0.6 is 22.6 Å². The molecule has 0 atom stereocenters. The van der Waals surface area contributed by atoms with E-state index in [0.29, 0.717) is 26.1 Å². The lowest BCUT2D eigenvalue weighted by Crippen LogP contribution is -2.42. The fourth-order valence-corrected chi connectivity index (χ4v) is 4.83. The lowest BCUT2D eigenvalue weighted by Gasteiger charge is -2.29. The molecule has 0 unspecified atom stereocenters. The Morgan fingerprint density at radius 3 is 1.42 bits per heavy atom. The van der Waals surface area contributed by atoms with Crippen molar-refractivity contribution in [3.63, 3.8) is 0 Å². The first kappa shape index (κ1) is 32.7. The molecule has 0 aromatic rings. The van der Waals surface area contributed by atoms with Crippen molar-refractivity contribution in [1.82, 2.24) is 0 Å². The van der Waals surface area contributed by atoms with Gasteiger partial charge in [-0.15, -0.1) is 0 Å². The number of esters is 2. The third-order valence-corrected chi connectivity index (χ3v) is 7.17. The summed E-state index contributed by atoms with van der Waals surface area (Å²) in [5, 5.41) is 0. The standard InChI is InChI=1S/C28H53IO4/c1-4-7-9-11-15-19-24-32-26(30)28(21-6-3,22-17-13-14-18-23-29)27(31)33-25-20-16-12-10-8-5-2/h4-25H2,1-3H3. The fourth-order valence-electron chi connectivity index (χ4n) is 4.29.